The molecular formula is C14H15N3O2. The minimum atomic E-state index is 0.465. The summed E-state index contributed by atoms with van der Waals surface area (Å²) in [6.07, 6.45) is 5.14. The van der Waals surface area contributed by atoms with Crippen molar-refractivity contribution in [2.75, 3.05) is 13.7 Å². The van der Waals surface area contributed by atoms with Gasteiger partial charge in [-0.25, -0.2) is 0 Å². The molecule has 19 heavy (non-hydrogen) atoms. The van der Waals surface area contributed by atoms with E-state index in [0.717, 1.165) is 16.9 Å². The maximum Gasteiger partial charge on any atom is 0.240 e. The molecule has 0 aliphatic rings. The molecule has 98 valence electrons. The zero-order chi connectivity index (χ0) is 13.7. The zero-order valence-corrected chi connectivity index (χ0v) is 10.9. The van der Waals surface area contributed by atoms with Gasteiger partial charge in [-0.2, -0.15) is 4.98 Å². The second-order valence-electron chi connectivity index (χ2n) is 4.00. The van der Waals surface area contributed by atoms with Crippen LogP contribution in [0.1, 0.15) is 11.5 Å². The van der Waals surface area contributed by atoms with E-state index in [1.165, 1.54) is 0 Å². The highest BCUT2D eigenvalue weighted by molar-refractivity contribution is 5.58. The van der Waals surface area contributed by atoms with E-state index in [4.69, 9.17) is 15.7 Å². The highest BCUT2D eigenvalue weighted by atomic mass is 16.5. The van der Waals surface area contributed by atoms with Crippen molar-refractivity contribution in [1.29, 1.82) is 0 Å². The average Bonchev–Trinajstić information content (AvgIpc) is 2.88. The molecule has 0 aliphatic carbocycles. The summed E-state index contributed by atoms with van der Waals surface area (Å²) in [7, 11) is 1.64. The molecule has 1 heterocycles. The van der Waals surface area contributed by atoms with Gasteiger partial charge in [-0.15, -0.1) is 6.42 Å². The smallest absolute Gasteiger partial charge is 0.240 e. The third kappa shape index (κ3) is 3.12. The minimum absolute atomic E-state index is 0.465. The van der Waals surface area contributed by atoms with E-state index in [1.807, 2.05) is 25.1 Å². The third-order valence-electron chi connectivity index (χ3n) is 2.62. The standard InChI is InChI=1S/C14H15N3O2/c1-4-7-15-9-13-16-14(17-19-13)11-5-6-12(18-3)10(2)8-11/h1,5-6,8,15H,7,9H2,2-3H3. The molecule has 1 aromatic carbocycles. The van der Waals surface area contributed by atoms with Gasteiger partial charge in [-0.3, -0.25) is 5.32 Å². The first kappa shape index (κ1) is 13.1. The van der Waals surface area contributed by atoms with Crippen molar-refractivity contribution in [3.8, 4) is 29.5 Å². The van der Waals surface area contributed by atoms with E-state index in [9.17, 15) is 0 Å². The van der Waals surface area contributed by atoms with E-state index < -0.39 is 0 Å². The number of aromatic nitrogens is 2. The van der Waals surface area contributed by atoms with Crippen LogP contribution in [-0.2, 0) is 6.54 Å². The van der Waals surface area contributed by atoms with Crippen molar-refractivity contribution in [2.24, 2.45) is 0 Å². The van der Waals surface area contributed by atoms with Gasteiger partial charge < -0.3 is 9.26 Å². The first-order chi connectivity index (χ1) is 9.24. The highest BCUT2D eigenvalue weighted by Gasteiger charge is 2.09. The Hall–Kier alpha value is -2.32. The Morgan fingerprint density at radius 1 is 1.47 bits per heavy atom. The molecule has 0 saturated carbocycles. The van der Waals surface area contributed by atoms with Crippen LogP contribution in [-0.4, -0.2) is 23.8 Å². The number of benzene rings is 1. The van der Waals surface area contributed by atoms with Crippen LogP contribution in [0.5, 0.6) is 5.75 Å². The Labute approximate surface area is 112 Å². The number of rotatable bonds is 5. The monoisotopic (exact) mass is 257 g/mol. The van der Waals surface area contributed by atoms with E-state index in [1.54, 1.807) is 7.11 Å². The number of methoxy groups -OCH3 is 1. The highest BCUT2D eigenvalue weighted by Crippen LogP contribution is 2.24. The van der Waals surface area contributed by atoms with Crippen molar-refractivity contribution >= 4 is 0 Å². The molecule has 5 nitrogen and oxygen atoms in total. The Morgan fingerprint density at radius 3 is 3.00 bits per heavy atom. The van der Waals surface area contributed by atoms with Crippen molar-refractivity contribution < 1.29 is 9.26 Å². The normalized spacial score (nSPS) is 10.2. The van der Waals surface area contributed by atoms with Gasteiger partial charge in [-0.1, -0.05) is 11.1 Å². The lowest BCUT2D eigenvalue weighted by Crippen LogP contribution is -2.13. The molecule has 0 unspecified atom stereocenters. The fourth-order valence-corrected chi connectivity index (χ4v) is 1.70. The summed E-state index contributed by atoms with van der Waals surface area (Å²) in [4.78, 5) is 4.30. The maximum atomic E-state index is 5.21. The number of nitrogens with zero attached hydrogens (tertiary/aromatic N) is 2. The lowest BCUT2D eigenvalue weighted by Gasteiger charge is -2.04. The van der Waals surface area contributed by atoms with Crippen molar-refractivity contribution in [1.82, 2.24) is 15.5 Å². The summed E-state index contributed by atoms with van der Waals surface area (Å²) >= 11 is 0. The Balaban J connectivity index is 2.14. The molecule has 1 N–H and O–H groups in total. The first-order valence-corrected chi connectivity index (χ1v) is 5.86. The predicted octanol–water partition coefficient (Wildman–Crippen LogP) is 1.78. The molecule has 0 radical (unpaired) electrons. The molecule has 1 aromatic heterocycles. The molecule has 5 heteroatoms. The number of hydrogen-bond acceptors (Lipinski definition) is 5. The quantitative estimate of drug-likeness (QED) is 0.653. The van der Waals surface area contributed by atoms with E-state index in [2.05, 4.69) is 21.4 Å². The SMILES string of the molecule is C#CCNCc1nc(-c2ccc(OC)c(C)c2)no1. The average molecular weight is 257 g/mol. The second kappa shape index (κ2) is 6.03. The number of hydrogen-bond donors (Lipinski definition) is 1. The largest absolute Gasteiger partial charge is 0.496 e. The first-order valence-electron chi connectivity index (χ1n) is 5.86. The molecule has 0 saturated heterocycles. The van der Waals surface area contributed by atoms with Crippen LogP contribution in [0, 0.1) is 19.3 Å². The van der Waals surface area contributed by atoms with Crippen LogP contribution in [0.3, 0.4) is 0 Å². The van der Waals surface area contributed by atoms with Crippen LogP contribution >= 0.6 is 0 Å². The lowest BCUT2D eigenvalue weighted by molar-refractivity contribution is 0.370. The molecule has 0 fully saturated rings. The van der Waals surface area contributed by atoms with Gasteiger partial charge in [0.1, 0.15) is 5.75 Å². The molecule has 0 atom stereocenters. The van der Waals surface area contributed by atoms with Gasteiger partial charge in [0.25, 0.3) is 0 Å². The van der Waals surface area contributed by atoms with Crippen molar-refractivity contribution in [3.05, 3.63) is 29.7 Å². The van der Waals surface area contributed by atoms with Crippen molar-refractivity contribution in [2.45, 2.75) is 13.5 Å². The fraction of sp³-hybridized carbons (Fsp3) is 0.286. The molecular weight excluding hydrogens is 242 g/mol. The van der Waals surface area contributed by atoms with Gasteiger partial charge in [0.15, 0.2) is 0 Å². The second-order valence-corrected chi connectivity index (χ2v) is 4.00. The Morgan fingerprint density at radius 2 is 2.32 bits per heavy atom. The Bertz CT molecular complexity index is 599. The van der Waals surface area contributed by atoms with Gasteiger partial charge >= 0.3 is 0 Å². The summed E-state index contributed by atoms with van der Waals surface area (Å²) in [5, 5.41) is 6.94. The number of terminal acetylenes is 1. The number of nitrogens with one attached hydrogen (secondary N) is 1. The van der Waals surface area contributed by atoms with E-state index in [-0.39, 0.29) is 0 Å². The fourth-order valence-electron chi connectivity index (χ4n) is 1.70. The van der Waals surface area contributed by atoms with Gasteiger partial charge in [-0.05, 0) is 30.7 Å². The minimum Gasteiger partial charge on any atom is -0.496 e. The third-order valence-corrected chi connectivity index (χ3v) is 2.62. The van der Waals surface area contributed by atoms with Crippen LogP contribution in [0.4, 0.5) is 0 Å². The molecule has 0 bridgehead atoms. The summed E-state index contributed by atoms with van der Waals surface area (Å²) in [5.74, 6) is 4.39. The number of aryl methyl sites for hydroxylation is 1. The predicted molar refractivity (Wildman–Crippen MR) is 71.6 cm³/mol. The number of ether oxygens (including phenoxy) is 1. The summed E-state index contributed by atoms with van der Waals surface area (Å²) in [6.45, 7) is 2.91. The van der Waals surface area contributed by atoms with Crippen LogP contribution in [0.15, 0.2) is 22.7 Å². The van der Waals surface area contributed by atoms with Crippen LogP contribution in [0.2, 0.25) is 0 Å². The molecule has 0 amide bonds. The summed E-state index contributed by atoms with van der Waals surface area (Å²) in [5.41, 5.74) is 1.92. The molecule has 2 aromatic rings. The van der Waals surface area contributed by atoms with Gasteiger partial charge in [0, 0.05) is 5.56 Å². The van der Waals surface area contributed by atoms with Gasteiger partial charge in [0.2, 0.25) is 11.7 Å². The molecule has 0 aliphatic heterocycles. The molecule has 0 spiro atoms. The Kier molecular flexibility index (Phi) is 4.16. The summed E-state index contributed by atoms with van der Waals surface area (Å²) < 4.78 is 10.4. The van der Waals surface area contributed by atoms with Crippen LogP contribution in [0.25, 0.3) is 11.4 Å². The zero-order valence-electron chi connectivity index (χ0n) is 10.9. The summed E-state index contributed by atoms with van der Waals surface area (Å²) in [6, 6.07) is 5.74. The van der Waals surface area contributed by atoms with Gasteiger partial charge in [0.05, 0.1) is 20.2 Å². The maximum absolute atomic E-state index is 5.21. The van der Waals surface area contributed by atoms with Crippen molar-refractivity contribution in [3.63, 3.8) is 0 Å². The van der Waals surface area contributed by atoms with E-state index in [0.29, 0.717) is 24.8 Å². The lowest BCUT2D eigenvalue weighted by atomic mass is 10.1. The van der Waals surface area contributed by atoms with E-state index >= 15 is 0 Å². The molecule has 2 rings (SSSR count). The van der Waals surface area contributed by atoms with Crippen LogP contribution < -0.4 is 10.1 Å². The topological polar surface area (TPSA) is 60.2 Å².